The van der Waals surface area contributed by atoms with E-state index in [2.05, 4.69) is 4.74 Å². The molecule has 3 nitrogen and oxygen atoms in total. The average molecular weight is 190 g/mol. The molecule has 2 N–H and O–H groups in total. The van der Waals surface area contributed by atoms with E-state index in [0.717, 1.165) is 0 Å². The van der Waals surface area contributed by atoms with Crippen LogP contribution in [-0.2, 0) is 4.74 Å². The Morgan fingerprint density at radius 3 is 1.23 bits per heavy atom. The molecule has 0 amide bonds. The summed E-state index contributed by atoms with van der Waals surface area (Å²) in [4.78, 5) is 0. The summed E-state index contributed by atoms with van der Waals surface area (Å²) in [7, 11) is 0. The van der Waals surface area contributed by atoms with Crippen LogP contribution in [0.1, 0.15) is 38.5 Å². The van der Waals surface area contributed by atoms with Gasteiger partial charge in [0.1, 0.15) is 0 Å². The van der Waals surface area contributed by atoms with Crippen molar-refractivity contribution in [2.45, 2.75) is 38.5 Å². The van der Waals surface area contributed by atoms with Gasteiger partial charge in [0.2, 0.25) is 0 Å². The first-order valence-corrected chi connectivity index (χ1v) is 5.21. The second-order valence-electron chi connectivity index (χ2n) is 3.18. The molecule has 13 heavy (non-hydrogen) atoms. The van der Waals surface area contributed by atoms with Crippen LogP contribution in [0.25, 0.3) is 0 Å². The topological polar surface area (TPSA) is 49.7 Å². The number of hydrogen-bond acceptors (Lipinski definition) is 3. The third-order valence-electron chi connectivity index (χ3n) is 1.97. The molecule has 1 aliphatic carbocycles. The number of ether oxygens (including phenoxy) is 1. The van der Waals surface area contributed by atoms with E-state index in [9.17, 15) is 0 Å². The van der Waals surface area contributed by atoms with Gasteiger partial charge in [0.05, 0.1) is 26.4 Å². The molecule has 0 radical (unpaired) electrons. The second-order valence-corrected chi connectivity index (χ2v) is 3.18. The first-order chi connectivity index (χ1) is 6.41. The Morgan fingerprint density at radius 1 is 0.692 bits per heavy atom. The number of aliphatic hydroxyl groups is 2. The molecule has 0 aromatic heterocycles. The maximum absolute atomic E-state index is 8.09. The molecule has 0 saturated heterocycles. The molecule has 3 heteroatoms. The van der Waals surface area contributed by atoms with Crippen molar-refractivity contribution in [1.29, 1.82) is 0 Å². The smallest absolute Gasteiger partial charge is 0.0698 e. The highest BCUT2D eigenvalue weighted by molar-refractivity contribution is 4.51. The molecule has 0 bridgehead atoms. The fourth-order valence-corrected chi connectivity index (χ4v) is 1.29. The van der Waals surface area contributed by atoms with Crippen LogP contribution < -0.4 is 0 Å². The molecule has 1 aliphatic rings. The van der Waals surface area contributed by atoms with Gasteiger partial charge in [0.15, 0.2) is 0 Å². The zero-order valence-electron chi connectivity index (χ0n) is 8.37. The predicted molar refractivity (Wildman–Crippen MR) is 52.7 cm³/mol. The van der Waals surface area contributed by atoms with Crippen LogP contribution in [0.4, 0.5) is 0 Å². The van der Waals surface area contributed by atoms with Crippen LogP contribution >= 0.6 is 0 Å². The van der Waals surface area contributed by atoms with Gasteiger partial charge < -0.3 is 14.9 Å². The van der Waals surface area contributed by atoms with Crippen molar-refractivity contribution >= 4 is 0 Å². The van der Waals surface area contributed by atoms with E-state index in [-0.39, 0.29) is 13.2 Å². The second kappa shape index (κ2) is 11.9. The Morgan fingerprint density at radius 2 is 1.00 bits per heavy atom. The number of hydrogen-bond donors (Lipinski definition) is 2. The molecule has 1 saturated carbocycles. The summed E-state index contributed by atoms with van der Waals surface area (Å²) in [6, 6.07) is 0. The zero-order valence-corrected chi connectivity index (χ0v) is 8.37. The van der Waals surface area contributed by atoms with E-state index >= 15 is 0 Å². The molecule has 0 spiro atoms. The minimum Gasteiger partial charge on any atom is -0.394 e. The van der Waals surface area contributed by atoms with Crippen molar-refractivity contribution in [1.82, 2.24) is 0 Å². The summed E-state index contributed by atoms with van der Waals surface area (Å²) in [5, 5.41) is 16.2. The van der Waals surface area contributed by atoms with Crippen LogP contribution in [0, 0.1) is 0 Å². The van der Waals surface area contributed by atoms with Crippen LogP contribution in [0.2, 0.25) is 0 Å². The first-order valence-electron chi connectivity index (χ1n) is 5.21. The molecule has 0 unspecified atom stereocenters. The third kappa shape index (κ3) is 11.9. The highest BCUT2D eigenvalue weighted by Gasteiger charge is 1.95. The molecule has 0 aromatic rings. The normalized spacial score (nSPS) is 16.2. The summed E-state index contributed by atoms with van der Waals surface area (Å²) >= 11 is 0. The lowest BCUT2D eigenvalue weighted by molar-refractivity contribution is 0.0650. The monoisotopic (exact) mass is 190 g/mol. The van der Waals surface area contributed by atoms with Crippen molar-refractivity contribution in [3.05, 3.63) is 0 Å². The van der Waals surface area contributed by atoms with Gasteiger partial charge in [0, 0.05) is 0 Å². The quantitative estimate of drug-likeness (QED) is 0.657. The van der Waals surface area contributed by atoms with Crippen molar-refractivity contribution < 1.29 is 14.9 Å². The Kier molecular flexibility index (Phi) is 11.8. The van der Waals surface area contributed by atoms with Gasteiger partial charge in [-0.15, -0.1) is 0 Å². The number of aliphatic hydroxyl groups excluding tert-OH is 2. The SMILES string of the molecule is C1CCCCC1.OCCOCCO. The Hall–Kier alpha value is -0.120. The number of rotatable bonds is 4. The van der Waals surface area contributed by atoms with Crippen LogP contribution in [0.15, 0.2) is 0 Å². The third-order valence-corrected chi connectivity index (χ3v) is 1.97. The maximum atomic E-state index is 8.09. The van der Waals surface area contributed by atoms with Crippen molar-refractivity contribution in [3.8, 4) is 0 Å². The molecular weight excluding hydrogens is 168 g/mol. The van der Waals surface area contributed by atoms with E-state index in [1.807, 2.05) is 0 Å². The minimum atomic E-state index is 0.0278. The predicted octanol–water partition coefficient (Wildman–Crippen LogP) is 1.33. The molecular formula is C10H22O3. The van der Waals surface area contributed by atoms with Crippen molar-refractivity contribution in [2.24, 2.45) is 0 Å². The summed E-state index contributed by atoms with van der Waals surface area (Å²) < 4.78 is 4.63. The first kappa shape index (κ1) is 12.9. The van der Waals surface area contributed by atoms with E-state index in [1.54, 1.807) is 0 Å². The van der Waals surface area contributed by atoms with Gasteiger partial charge in [-0.25, -0.2) is 0 Å². The molecule has 1 fully saturated rings. The standard InChI is InChI=1S/C6H12.C4H10O3/c1-2-4-6-5-3-1;5-1-3-7-4-2-6/h1-6H2;5-6H,1-4H2. The minimum absolute atomic E-state index is 0.0278. The summed E-state index contributed by atoms with van der Waals surface area (Å²) in [5.41, 5.74) is 0. The van der Waals surface area contributed by atoms with Crippen molar-refractivity contribution in [3.63, 3.8) is 0 Å². The molecule has 0 atom stereocenters. The summed E-state index contributed by atoms with van der Waals surface area (Å²) in [6.07, 6.45) is 9.00. The molecule has 0 aliphatic heterocycles. The van der Waals surface area contributed by atoms with Gasteiger partial charge >= 0.3 is 0 Å². The maximum Gasteiger partial charge on any atom is 0.0698 e. The van der Waals surface area contributed by atoms with Gasteiger partial charge in [-0.1, -0.05) is 38.5 Å². The largest absolute Gasteiger partial charge is 0.394 e. The lowest BCUT2D eigenvalue weighted by atomic mass is 10.0. The van der Waals surface area contributed by atoms with Crippen LogP contribution in [0.5, 0.6) is 0 Å². The van der Waals surface area contributed by atoms with Gasteiger partial charge in [-0.05, 0) is 0 Å². The lowest BCUT2D eigenvalue weighted by Crippen LogP contribution is -2.03. The van der Waals surface area contributed by atoms with E-state index < -0.39 is 0 Å². The van der Waals surface area contributed by atoms with Crippen molar-refractivity contribution in [2.75, 3.05) is 26.4 Å². The molecule has 0 aromatic carbocycles. The Balaban J connectivity index is 0.000000223. The summed E-state index contributed by atoms with van der Waals surface area (Å²) in [5.74, 6) is 0. The lowest BCUT2D eigenvalue weighted by Gasteiger charge is -2.05. The van der Waals surface area contributed by atoms with Gasteiger partial charge in [0.25, 0.3) is 0 Å². The van der Waals surface area contributed by atoms with Gasteiger partial charge in [-0.3, -0.25) is 0 Å². The highest BCUT2D eigenvalue weighted by atomic mass is 16.5. The fourth-order valence-electron chi connectivity index (χ4n) is 1.29. The van der Waals surface area contributed by atoms with E-state index in [1.165, 1.54) is 38.5 Å². The average Bonchev–Trinajstić information content (AvgIpc) is 2.22. The zero-order chi connectivity index (χ0) is 9.78. The highest BCUT2D eigenvalue weighted by Crippen LogP contribution is 2.15. The fraction of sp³-hybridized carbons (Fsp3) is 1.00. The Bertz CT molecular complexity index is 66.7. The molecule has 80 valence electrons. The van der Waals surface area contributed by atoms with Crippen LogP contribution in [0.3, 0.4) is 0 Å². The molecule has 0 heterocycles. The molecule has 1 rings (SSSR count). The van der Waals surface area contributed by atoms with E-state index in [4.69, 9.17) is 10.2 Å². The summed E-state index contributed by atoms with van der Waals surface area (Å²) in [6.45, 7) is 0.696. The Labute approximate surface area is 80.7 Å². The van der Waals surface area contributed by atoms with Crippen LogP contribution in [-0.4, -0.2) is 36.6 Å². The van der Waals surface area contributed by atoms with E-state index in [0.29, 0.717) is 13.2 Å². The van der Waals surface area contributed by atoms with Gasteiger partial charge in [-0.2, -0.15) is 0 Å².